The first-order valence-corrected chi connectivity index (χ1v) is 2.65. The molecule has 1 aliphatic rings. The first-order chi connectivity index (χ1) is 4.20. The Morgan fingerprint density at radius 1 is 1.89 bits per heavy atom. The van der Waals surface area contributed by atoms with Gasteiger partial charge in [0.05, 0.1) is 6.04 Å². The van der Waals surface area contributed by atoms with Gasteiger partial charge in [0.15, 0.2) is 0 Å². The molecular weight excluding hydrogens is 122 g/mol. The van der Waals surface area contributed by atoms with Gasteiger partial charge in [-0.05, 0) is 0 Å². The molecule has 0 aromatic rings. The van der Waals surface area contributed by atoms with E-state index in [0.717, 1.165) is 5.06 Å². The number of carbonyl (C=O) groups is 1. The molecule has 0 radical (unpaired) electrons. The highest BCUT2D eigenvalue weighted by Gasteiger charge is 2.19. The van der Waals surface area contributed by atoms with Crippen LogP contribution < -0.4 is 11.1 Å². The average molecular weight is 130 g/mol. The monoisotopic (exact) mass is 130 g/mol. The fourth-order valence-electron chi connectivity index (χ4n) is 0.735. The van der Waals surface area contributed by atoms with Gasteiger partial charge in [-0.2, -0.15) is 0 Å². The molecule has 0 aliphatic carbocycles. The SMILES string of the molecule is NC(=O)C1CN([O-])CN1. The summed E-state index contributed by atoms with van der Waals surface area (Å²) >= 11 is 0. The maximum absolute atomic E-state index is 10.4. The van der Waals surface area contributed by atoms with Crippen molar-refractivity contribution >= 4 is 5.91 Å². The predicted octanol–water partition coefficient (Wildman–Crippen LogP) is -1.80. The number of amides is 1. The second-order valence-corrected chi connectivity index (χ2v) is 1.98. The minimum absolute atomic E-state index is 0.176. The lowest BCUT2D eigenvalue weighted by Crippen LogP contribution is -2.38. The van der Waals surface area contributed by atoms with Gasteiger partial charge in [0, 0.05) is 13.2 Å². The van der Waals surface area contributed by atoms with Crippen molar-refractivity contribution in [1.82, 2.24) is 10.4 Å². The van der Waals surface area contributed by atoms with Gasteiger partial charge in [0.1, 0.15) is 0 Å². The zero-order valence-electron chi connectivity index (χ0n) is 4.83. The molecule has 9 heavy (non-hydrogen) atoms. The third-order valence-corrected chi connectivity index (χ3v) is 1.24. The van der Waals surface area contributed by atoms with Gasteiger partial charge >= 0.3 is 0 Å². The van der Waals surface area contributed by atoms with E-state index in [4.69, 9.17) is 5.73 Å². The van der Waals surface area contributed by atoms with Crippen LogP contribution >= 0.6 is 0 Å². The van der Waals surface area contributed by atoms with E-state index < -0.39 is 11.9 Å². The number of nitrogens with two attached hydrogens (primary N) is 1. The number of nitrogens with zero attached hydrogens (tertiary/aromatic N) is 1. The van der Waals surface area contributed by atoms with Gasteiger partial charge in [0.25, 0.3) is 0 Å². The molecular formula is C4H8N3O2-. The summed E-state index contributed by atoms with van der Waals surface area (Å²) in [7, 11) is 0. The largest absolute Gasteiger partial charge is 0.784 e. The van der Waals surface area contributed by atoms with Gasteiger partial charge in [-0.15, -0.1) is 0 Å². The lowest BCUT2D eigenvalue weighted by atomic mass is 10.3. The number of nitrogens with one attached hydrogen (secondary N) is 1. The van der Waals surface area contributed by atoms with Crippen LogP contribution in [0.25, 0.3) is 0 Å². The Labute approximate surface area is 52.4 Å². The topological polar surface area (TPSA) is 81.4 Å². The maximum Gasteiger partial charge on any atom is 0.235 e. The number of primary amides is 1. The maximum atomic E-state index is 10.4. The van der Waals surface area contributed by atoms with E-state index in [2.05, 4.69) is 5.32 Å². The first kappa shape index (κ1) is 6.47. The zero-order valence-corrected chi connectivity index (χ0v) is 4.83. The molecule has 1 amide bonds. The van der Waals surface area contributed by atoms with Crippen LogP contribution in [0.4, 0.5) is 0 Å². The fourth-order valence-corrected chi connectivity index (χ4v) is 0.735. The van der Waals surface area contributed by atoms with Gasteiger partial charge in [-0.25, -0.2) is 0 Å². The van der Waals surface area contributed by atoms with Crippen LogP contribution in [0.1, 0.15) is 0 Å². The van der Waals surface area contributed by atoms with Crippen LogP contribution in [0, 0.1) is 5.21 Å². The fraction of sp³-hybridized carbons (Fsp3) is 0.750. The molecule has 0 aromatic carbocycles. The lowest BCUT2D eigenvalue weighted by molar-refractivity contribution is -0.119. The van der Waals surface area contributed by atoms with Crippen LogP contribution in [-0.2, 0) is 4.79 Å². The molecule has 0 bridgehead atoms. The van der Waals surface area contributed by atoms with Crippen LogP contribution in [0.5, 0.6) is 0 Å². The van der Waals surface area contributed by atoms with Crippen molar-refractivity contribution in [2.24, 2.45) is 5.73 Å². The van der Waals surface area contributed by atoms with Crippen LogP contribution in [-0.4, -0.2) is 30.2 Å². The molecule has 52 valence electrons. The van der Waals surface area contributed by atoms with E-state index in [1.54, 1.807) is 0 Å². The van der Waals surface area contributed by atoms with E-state index in [1.165, 1.54) is 0 Å². The second kappa shape index (κ2) is 2.30. The Morgan fingerprint density at radius 3 is 2.78 bits per heavy atom. The number of hydrogen-bond acceptors (Lipinski definition) is 4. The van der Waals surface area contributed by atoms with E-state index in [9.17, 15) is 10.0 Å². The van der Waals surface area contributed by atoms with Crippen molar-refractivity contribution in [3.63, 3.8) is 0 Å². The molecule has 1 rings (SSSR count). The number of hydroxylamine groups is 2. The van der Waals surface area contributed by atoms with Crippen LogP contribution in [0.3, 0.4) is 0 Å². The van der Waals surface area contributed by atoms with Crippen LogP contribution in [0.2, 0.25) is 0 Å². The highest BCUT2D eigenvalue weighted by atomic mass is 16.5. The highest BCUT2D eigenvalue weighted by molar-refractivity contribution is 5.80. The summed E-state index contributed by atoms with van der Waals surface area (Å²) in [6.07, 6.45) is 0. The third-order valence-electron chi connectivity index (χ3n) is 1.24. The smallest absolute Gasteiger partial charge is 0.235 e. The number of rotatable bonds is 1. The minimum Gasteiger partial charge on any atom is -0.784 e. The Kier molecular flexibility index (Phi) is 1.65. The van der Waals surface area contributed by atoms with Gasteiger partial charge in [-0.1, -0.05) is 0 Å². The molecule has 5 nitrogen and oxygen atoms in total. The third kappa shape index (κ3) is 1.38. The van der Waals surface area contributed by atoms with Crippen molar-refractivity contribution in [1.29, 1.82) is 0 Å². The molecule has 1 saturated heterocycles. The van der Waals surface area contributed by atoms with E-state index in [1.807, 2.05) is 0 Å². The molecule has 0 aromatic heterocycles. The van der Waals surface area contributed by atoms with Crippen molar-refractivity contribution < 1.29 is 4.79 Å². The predicted molar refractivity (Wildman–Crippen MR) is 31.1 cm³/mol. The Balaban J connectivity index is 2.39. The first-order valence-electron chi connectivity index (χ1n) is 2.65. The molecule has 3 N–H and O–H groups in total. The van der Waals surface area contributed by atoms with Crippen molar-refractivity contribution in [3.05, 3.63) is 5.21 Å². The quantitative estimate of drug-likeness (QED) is 0.439. The Morgan fingerprint density at radius 2 is 2.56 bits per heavy atom. The van der Waals surface area contributed by atoms with E-state index in [0.29, 0.717) is 0 Å². The molecule has 1 unspecified atom stereocenters. The Hall–Kier alpha value is -0.650. The Bertz CT molecular complexity index is 127. The average Bonchev–Trinajstić information content (AvgIpc) is 2.14. The summed E-state index contributed by atoms with van der Waals surface area (Å²) in [6, 6.07) is -0.456. The molecule has 0 saturated carbocycles. The standard InChI is InChI=1S/C4H8N3O2/c5-4(8)3-1-7(9)2-6-3/h3,6H,1-2H2,(H2,5,8)/q-1. The van der Waals surface area contributed by atoms with E-state index in [-0.39, 0.29) is 13.2 Å². The molecule has 0 spiro atoms. The summed E-state index contributed by atoms with van der Waals surface area (Å²) in [5.41, 5.74) is 4.89. The zero-order chi connectivity index (χ0) is 6.85. The number of carbonyl (C=O) groups excluding carboxylic acids is 1. The summed E-state index contributed by atoms with van der Waals surface area (Å²) in [4.78, 5) is 10.3. The molecule has 1 aliphatic heterocycles. The van der Waals surface area contributed by atoms with Crippen molar-refractivity contribution in [2.45, 2.75) is 6.04 Å². The summed E-state index contributed by atoms with van der Waals surface area (Å²) < 4.78 is 0. The molecule has 1 atom stereocenters. The van der Waals surface area contributed by atoms with Crippen molar-refractivity contribution in [3.8, 4) is 0 Å². The minimum atomic E-state index is -0.464. The summed E-state index contributed by atoms with van der Waals surface area (Å²) in [5.74, 6) is -0.464. The molecule has 1 heterocycles. The van der Waals surface area contributed by atoms with Crippen LogP contribution in [0.15, 0.2) is 0 Å². The van der Waals surface area contributed by atoms with Gasteiger partial charge in [0.2, 0.25) is 5.91 Å². The normalized spacial score (nSPS) is 28.8. The highest BCUT2D eigenvalue weighted by Crippen LogP contribution is 1.96. The van der Waals surface area contributed by atoms with Gasteiger partial charge in [-0.3, -0.25) is 10.1 Å². The lowest BCUT2D eigenvalue weighted by Gasteiger charge is -2.18. The van der Waals surface area contributed by atoms with Gasteiger partial charge < -0.3 is 16.0 Å². The summed E-state index contributed by atoms with van der Waals surface area (Å²) in [6.45, 7) is 0.378. The number of hydrogen-bond donors (Lipinski definition) is 2. The molecule has 5 heteroatoms. The summed E-state index contributed by atoms with van der Waals surface area (Å²) in [5, 5.41) is 13.8. The van der Waals surface area contributed by atoms with Crippen molar-refractivity contribution in [2.75, 3.05) is 13.2 Å². The second-order valence-electron chi connectivity index (χ2n) is 1.98. The van der Waals surface area contributed by atoms with E-state index >= 15 is 0 Å². The molecule has 1 fully saturated rings.